The van der Waals surface area contributed by atoms with Gasteiger partial charge in [0.2, 0.25) is 5.91 Å². The van der Waals surface area contributed by atoms with Crippen LogP contribution in [-0.2, 0) is 32.1 Å². The Kier molecular flexibility index (Phi) is 9.06. The number of esters is 1. The van der Waals surface area contributed by atoms with Crippen molar-refractivity contribution in [3.05, 3.63) is 71.8 Å². The van der Waals surface area contributed by atoms with Crippen LogP contribution in [0.4, 0.5) is 4.79 Å². The van der Waals surface area contributed by atoms with Gasteiger partial charge in [0.1, 0.15) is 18.2 Å². The van der Waals surface area contributed by atoms with Crippen molar-refractivity contribution in [2.45, 2.75) is 51.9 Å². The average Bonchev–Trinajstić information content (AvgIpc) is 2.72. The lowest BCUT2D eigenvalue weighted by molar-refractivity contribution is -0.144. The summed E-state index contributed by atoms with van der Waals surface area (Å²) in [4.78, 5) is 36.8. The van der Waals surface area contributed by atoms with Crippen LogP contribution in [-0.4, -0.2) is 36.2 Å². The second kappa shape index (κ2) is 11.7. The number of rotatable bonds is 9. The van der Waals surface area contributed by atoms with Gasteiger partial charge in [-0.15, -0.1) is 0 Å². The monoisotopic (exact) mass is 426 g/mol. The number of nitrogens with one attached hydrogen (secondary N) is 2. The Bertz CT molecular complexity index is 847. The van der Waals surface area contributed by atoms with Gasteiger partial charge in [-0.05, 0) is 31.9 Å². The summed E-state index contributed by atoms with van der Waals surface area (Å²) in [6.45, 7) is 5.54. The van der Waals surface area contributed by atoms with Crippen LogP contribution in [0.2, 0.25) is 0 Å². The van der Waals surface area contributed by atoms with E-state index in [-0.39, 0.29) is 19.6 Å². The highest BCUT2D eigenvalue weighted by Gasteiger charge is 2.24. The molecule has 31 heavy (non-hydrogen) atoms. The molecule has 7 nitrogen and oxygen atoms in total. The van der Waals surface area contributed by atoms with Crippen molar-refractivity contribution < 1.29 is 23.9 Å². The molecule has 0 aliphatic rings. The molecule has 2 amide bonds. The minimum Gasteiger partial charge on any atom is -0.461 e. The van der Waals surface area contributed by atoms with Crippen LogP contribution in [0.25, 0.3) is 0 Å². The van der Waals surface area contributed by atoms with Gasteiger partial charge >= 0.3 is 12.1 Å². The van der Waals surface area contributed by atoms with Crippen LogP contribution in [0, 0.1) is 0 Å². The summed E-state index contributed by atoms with van der Waals surface area (Å²) in [5.41, 5.74) is 1.10. The summed E-state index contributed by atoms with van der Waals surface area (Å²) in [7, 11) is 0. The summed E-state index contributed by atoms with van der Waals surface area (Å²) in [5, 5.41) is 5.31. The fourth-order valence-corrected chi connectivity index (χ4v) is 2.73. The van der Waals surface area contributed by atoms with E-state index in [0.29, 0.717) is 6.42 Å². The Morgan fingerprint density at radius 2 is 1.48 bits per heavy atom. The molecular formula is C24H30N2O5. The molecule has 1 atom stereocenters. The first kappa shape index (κ1) is 23.9. The minimum absolute atomic E-state index is 0.0308. The largest absolute Gasteiger partial charge is 0.461 e. The SMILES string of the molecule is CC(C)(C)OC(=O)NC(Cc1ccccc1)C(=O)NCCC(=O)OCc1ccccc1. The number of amides is 2. The van der Waals surface area contributed by atoms with E-state index < -0.39 is 29.6 Å². The second-order valence-corrected chi connectivity index (χ2v) is 8.08. The summed E-state index contributed by atoms with van der Waals surface area (Å²) in [6.07, 6.45) is -0.348. The Balaban J connectivity index is 1.85. The quantitative estimate of drug-likeness (QED) is 0.600. The number of carbonyl (C=O) groups excluding carboxylic acids is 3. The van der Waals surface area contributed by atoms with Crippen LogP contribution < -0.4 is 10.6 Å². The van der Waals surface area contributed by atoms with Crippen molar-refractivity contribution >= 4 is 18.0 Å². The van der Waals surface area contributed by atoms with Gasteiger partial charge < -0.3 is 20.1 Å². The Labute approximate surface area is 183 Å². The van der Waals surface area contributed by atoms with Gasteiger partial charge in [0.05, 0.1) is 6.42 Å². The highest BCUT2D eigenvalue weighted by Crippen LogP contribution is 2.09. The normalized spacial score (nSPS) is 11.8. The standard InChI is InChI=1S/C24H30N2O5/c1-24(2,3)31-23(29)26-20(16-18-10-6-4-7-11-18)22(28)25-15-14-21(27)30-17-19-12-8-5-9-13-19/h4-13,20H,14-17H2,1-3H3,(H,25,28)(H,26,29). The van der Waals surface area contributed by atoms with E-state index in [1.54, 1.807) is 20.8 Å². The first-order valence-electron chi connectivity index (χ1n) is 10.2. The maximum absolute atomic E-state index is 12.7. The van der Waals surface area contributed by atoms with E-state index in [2.05, 4.69) is 10.6 Å². The number of carbonyl (C=O) groups is 3. The van der Waals surface area contributed by atoms with Crippen LogP contribution in [0.5, 0.6) is 0 Å². The molecule has 0 aliphatic heterocycles. The average molecular weight is 427 g/mol. The number of hydrogen-bond donors (Lipinski definition) is 2. The first-order valence-corrected chi connectivity index (χ1v) is 10.2. The van der Waals surface area contributed by atoms with Crippen molar-refractivity contribution in [3.8, 4) is 0 Å². The molecule has 2 N–H and O–H groups in total. The lowest BCUT2D eigenvalue weighted by Crippen LogP contribution is -2.49. The molecule has 0 saturated carbocycles. The predicted octanol–water partition coefficient (Wildman–Crippen LogP) is 3.37. The number of ether oxygens (including phenoxy) is 2. The first-order chi connectivity index (χ1) is 14.7. The van der Waals surface area contributed by atoms with Crippen LogP contribution in [0.15, 0.2) is 60.7 Å². The summed E-state index contributed by atoms with van der Waals surface area (Å²) >= 11 is 0. The summed E-state index contributed by atoms with van der Waals surface area (Å²) in [6, 6.07) is 17.9. The lowest BCUT2D eigenvalue weighted by atomic mass is 10.1. The summed E-state index contributed by atoms with van der Waals surface area (Å²) in [5.74, 6) is -0.811. The maximum Gasteiger partial charge on any atom is 0.408 e. The van der Waals surface area contributed by atoms with Gasteiger partial charge in [0.15, 0.2) is 0 Å². The predicted molar refractivity (Wildman–Crippen MR) is 117 cm³/mol. The molecule has 7 heteroatoms. The minimum atomic E-state index is -0.836. The zero-order valence-electron chi connectivity index (χ0n) is 18.2. The van der Waals surface area contributed by atoms with E-state index in [4.69, 9.17) is 9.47 Å². The maximum atomic E-state index is 12.7. The van der Waals surface area contributed by atoms with Crippen molar-refractivity contribution in [3.63, 3.8) is 0 Å². The van der Waals surface area contributed by atoms with Gasteiger partial charge in [-0.25, -0.2) is 4.79 Å². The zero-order valence-corrected chi connectivity index (χ0v) is 18.2. The highest BCUT2D eigenvalue weighted by atomic mass is 16.6. The molecular weight excluding hydrogens is 396 g/mol. The molecule has 1 unspecified atom stereocenters. The molecule has 0 heterocycles. The van der Waals surface area contributed by atoms with Gasteiger partial charge in [-0.2, -0.15) is 0 Å². The van der Waals surface area contributed by atoms with Gasteiger partial charge in [-0.3, -0.25) is 9.59 Å². The van der Waals surface area contributed by atoms with E-state index in [9.17, 15) is 14.4 Å². The highest BCUT2D eigenvalue weighted by molar-refractivity contribution is 5.86. The van der Waals surface area contributed by atoms with E-state index in [1.807, 2.05) is 60.7 Å². The van der Waals surface area contributed by atoms with E-state index in [1.165, 1.54) is 0 Å². The third-order valence-corrected chi connectivity index (χ3v) is 4.16. The van der Waals surface area contributed by atoms with E-state index in [0.717, 1.165) is 11.1 Å². The molecule has 0 saturated heterocycles. The van der Waals surface area contributed by atoms with Gasteiger partial charge in [0.25, 0.3) is 0 Å². The zero-order chi connectivity index (χ0) is 22.7. The van der Waals surface area contributed by atoms with Crippen molar-refractivity contribution in [1.82, 2.24) is 10.6 Å². The smallest absolute Gasteiger partial charge is 0.408 e. The third-order valence-electron chi connectivity index (χ3n) is 4.16. The summed E-state index contributed by atoms with van der Waals surface area (Å²) < 4.78 is 10.5. The Morgan fingerprint density at radius 3 is 2.06 bits per heavy atom. The molecule has 0 bridgehead atoms. The molecule has 0 aliphatic carbocycles. The molecule has 2 rings (SSSR count). The molecule has 2 aromatic rings. The molecule has 0 spiro atoms. The molecule has 0 radical (unpaired) electrons. The van der Waals surface area contributed by atoms with Gasteiger partial charge in [0, 0.05) is 13.0 Å². The number of alkyl carbamates (subject to hydrolysis) is 1. The Morgan fingerprint density at radius 1 is 0.903 bits per heavy atom. The molecule has 166 valence electrons. The Hall–Kier alpha value is -3.35. The van der Waals surface area contributed by atoms with Crippen LogP contribution in [0.1, 0.15) is 38.3 Å². The third kappa shape index (κ3) is 9.80. The van der Waals surface area contributed by atoms with Gasteiger partial charge in [-0.1, -0.05) is 60.7 Å². The van der Waals surface area contributed by atoms with Crippen LogP contribution >= 0.6 is 0 Å². The van der Waals surface area contributed by atoms with Crippen LogP contribution in [0.3, 0.4) is 0 Å². The molecule has 0 aromatic heterocycles. The van der Waals surface area contributed by atoms with Crippen molar-refractivity contribution in [2.24, 2.45) is 0 Å². The molecule has 0 fully saturated rings. The van der Waals surface area contributed by atoms with E-state index >= 15 is 0 Å². The van der Waals surface area contributed by atoms with Crippen molar-refractivity contribution in [1.29, 1.82) is 0 Å². The number of benzene rings is 2. The lowest BCUT2D eigenvalue weighted by Gasteiger charge is -2.23. The van der Waals surface area contributed by atoms with Crippen molar-refractivity contribution in [2.75, 3.05) is 6.54 Å². The second-order valence-electron chi connectivity index (χ2n) is 8.08. The fourth-order valence-electron chi connectivity index (χ4n) is 2.73. The fraction of sp³-hybridized carbons (Fsp3) is 0.375. The topological polar surface area (TPSA) is 93.7 Å². The number of hydrogen-bond acceptors (Lipinski definition) is 5. The molecule has 2 aromatic carbocycles.